The van der Waals surface area contributed by atoms with Crippen LogP contribution < -0.4 is 20.4 Å². The minimum Gasteiger partial charge on any atom is -0.401 e. The van der Waals surface area contributed by atoms with Crippen LogP contribution in [0.5, 0.6) is 5.88 Å². The molecule has 0 saturated heterocycles. The summed E-state index contributed by atoms with van der Waals surface area (Å²) in [6.45, 7) is 0. The molecule has 0 fully saturated rings. The number of nitrogens with one attached hydrogen (secondary N) is 2. The first-order valence-corrected chi connectivity index (χ1v) is 8.79. The highest BCUT2D eigenvalue weighted by Gasteiger charge is 2.30. The van der Waals surface area contributed by atoms with Gasteiger partial charge in [0.25, 0.3) is 5.88 Å². The van der Waals surface area contributed by atoms with Crippen LogP contribution in [0.25, 0.3) is 11.0 Å². The Bertz CT molecular complexity index is 1180. The predicted molar refractivity (Wildman–Crippen MR) is 105 cm³/mol. The Balaban J connectivity index is 1.51. The van der Waals surface area contributed by atoms with E-state index in [4.69, 9.17) is 16.3 Å². The maximum Gasteiger partial charge on any atom is 0.416 e. The molecule has 0 aliphatic carbocycles. The molecule has 8 nitrogen and oxygen atoms in total. The zero-order valence-electron chi connectivity index (χ0n) is 15.2. The van der Waals surface area contributed by atoms with Crippen molar-refractivity contribution in [2.24, 2.45) is 5.10 Å². The van der Waals surface area contributed by atoms with E-state index in [1.54, 1.807) is 25.2 Å². The van der Waals surface area contributed by atoms with Crippen LogP contribution in [0.2, 0.25) is 5.02 Å². The number of rotatable bonds is 1. The second-order valence-corrected chi connectivity index (χ2v) is 6.61. The highest BCUT2D eigenvalue weighted by Crippen LogP contribution is 2.31. The lowest BCUT2D eigenvalue weighted by Crippen LogP contribution is -2.41. The van der Waals surface area contributed by atoms with Gasteiger partial charge in [-0.1, -0.05) is 17.7 Å². The van der Waals surface area contributed by atoms with E-state index in [0.29, 0.717) is 21.9 Å². The zero-order valence-corrected chi connectivity index (χ0v) is 15.9. The fourth-order valence-electron chi connectivity index (χ4n) is 2.66. The number of nitrogens with zero attached hydrogens (tertiary/aromatic N) is 4. The summed E-state index contributed by atoms with van der Waals surface area (Å²) in [4.78, 5) is 20.9. The molecule has 12 heteroatoms. The Labute approximate surface area is 172 Å². The number of carbonyl (C=O) groups excluding carboxylic acids is 1. The third-order valence-corrected chi connectivity index (χ3v) is 4.22. The second-order valence-electron chi connectivity index (χ2n) is 6.17. The van der Waals surface area contributed by atoms with E-state index in [2.05, 4.69) is 25.7 Å². The molecule has 30 heavy (non-hydrogen) atoms. The number of ether oxygens (including phenoxy) is 1. The number of halogens is 4. The van der Waals surface area contributed by atoms with Gasteiger partial charge in [0.1, 0.15) is 0 Å². The molecular weight excluding hydrogens is 425 g/mol. The smallest absolute Gasteiger partial charge is 0.401 e. The first-order valence-electron chi connectivity index (χ1n) is 8.42. The molecule has 2 heterocycles. The van der Waals surface area contributed by atoms with Crippen LogP contribution in [0.4, 0.5) is 29.5 Å². The van der Waals surface area contributed by atoms with Crippen molar-refractivity contribution in [2.45, 2.75) is 6.18 Å². The summed E-state index contributed by atoms with van der Waals surface area (Å²) < 4.78 is 43.9. The van der Waals surface area contributed by atoms with Gasteiger partial charge in [-0.2, -0.15) is 13.2 Å². The van der Waals surface area contributed by atoms with Gasteiger partial charge in [0, 0.05) is 17.8 Å². The van der Waals surface area contributed by atoms with E-state index < -0.39 is 17.8 Å². The largest absolute Gasteiger partial charge is 0.416 e. The molecule has 1 aliphatic rings. The molecular formula is C18H12ClF3N6O2. The number of amidine groups is 1. The number of anilines is 2. The Morgan fingerprint density at radius 1 is 1.10 bits per heavy atom. The summed E-state index contributed by atoms with van der Waals surface area (Å²) in [6, 6.07) is 8.11. The predicted octanol–water partition coefficient (Wildman–Crippen LogP) is 4.22. The summed E-state index contributed by atoms with van der Waals surface area (Å²) >= 11 is 5.97. The fourth-order valence-corrected chi connectivity index (χ4v) is 2.83. The van der Waals surface area contributed by atoms with Gasteiger partial charge in [-0.3, -0.25) is 5.32 Å². The number of amides is 2. The van der Waals surface area contributed by atoms with E-state index in [1.165, 1.54) is 17.1 Å². The van der Waals surface area contributed by atoms with E-state index >= 15 is 0 Å². The maximum atomic E-state index is 12.8. The van der Waals surface area contributed by atoms with Crippen LogP contribution in [0.3, 0.4) is 0 Å². The van der Waals surface area contributed by atoms with Crippen molar-refractivity contribution >= 4 is 46.2 Å². The zero-order chi connectivity index (χ0) is 21.5. The van der Waals surface area contributed by atoms with Gasteiger partial charge in [0.2, 0.25) is 5.82 Å². The fraction of sp³-hybridized carbons (Fsp3) is 0.111. The number of alkyl halides is 3. The monoisotopic (exact) mass is 436 g/mol. The number of carbonyl (C=O) groups is 1. The molecule has 154 valence electrons. The lowest BCUT2D eigenvalue weighted by molar-refractivity contribution is -0.137. The van der Waals surface area contributed by atoms with E-state index in [1.807, 2.05) is 0 Å². The van der Waals surface area contributed by atoms with Crippen LogP contribution in [-0.4, -0.2) is 29.1 Å². The number of hydrogen-bond acceptors (Lipinski definition) is 6. The van der Waals surface area contributed by atoms with Gasteiger partial charge in [-0.15, -0.1) is 5.10 Å². The summed E-state index contributed by atoms with van der Waals surface area (Å²) in [6.07, 6.45) is -4.53. The number of fused-ring (bicyclic) bond motifs is 2. The third-order valence-electron chi connectivity index (χ3n) is 3.99. The standard InChI is InChI=1S/C18H12ClF3N6O2/c1-28-14-15(25-13-8-10(19)5-6-12(13)24-14)30-17(27-28)26-16(29)23-11-4-2-3-9(7-11)18(20,21)22/h2-8H,1H3,(H2,23,26,27,29). The number of hydrogen-bond donors (Lipinski definition) is 2. The first-order chi connectivity index (χ1) is 14.2. The van der Waals surface area contributed by atoms with Crippen molar-refractivity contribution in [1.29, 1.82) is 0 Å². The quantitative estimate of drug-likeness (QED) is 0.596. The molecule has 0 spiro atoms. The summed E-state index contributed by atoms with van der Waals surface area (Å²) in [7, 11) is 1.57. The van der Waals surface area contributed by atoms with E-state index in [9.17, 15) is 18.0 Å². The van der Waals surface area contributed by atoms with Crippen molar-refractivity contribution in [3.05, 3.63) is 53.1 Å². The van der Waals surface area contributed by atoms with Crippen LogP contribution in [0.1, 0.15) is 5.56 Å². The summed E-state index contributed by atoms with van der Waals surface area (Å²) in [5.41, 5.74) is 0.112. The minimum atomic E-state index is -4.53. The first kappa shape index (κ1) is 19.7. The molecule has 2 aromatic carbocycles. The van der Waals surface area contributed by atoms with E-state index in [0.717, 1.165) is 12.1 Å². The van der Waals surface area contributed by atoms with Crippen molar-refractivity contribution in [3.63, 3.8) is 0 Å². The van der Waals surface area contributed by atoms with Crippen molar-refractivity contribution in [1.82, 2.24) is 15.3 Å². The Hall–Kier alpha value is -3.60. The lowest BCUT2D eigenvalue weighted by Gasteiger charge is -2.22. The maximum absolute atomic E-state index is 12.8. The van der Waals surface area contributed by atoms with Gasteiger partial charge in [0.15, 0.2) is 0 Å². The van der Waals surface area contributed by atoms with Gasteiger partial charge < -0.3 is 10.1 Å². The number of benzene rings is 2. The number of hydrazone groups is 1. The number of aromatic nitrogens is 2. The Kier molecular flexibility index (Phi) is 4.82. The molecule has 0 atom stereocenters. The molecule has 0 unspecified atom stereocenters. The summed E-state index contributed by atoms with van der Waals surface area (Å²) in [5.74, 6) is 0.394. The molecule has 4 rings (SSSR count). The SMILES string of the molecule is CN1N=C(NC(=O)Nc2cccc(C(F)(F)F)c2)Oc2nc3cc(Cl)ccc3nc21. The van der Waals surface area contributed by atoms with Gasteiger partial charge in [-0.05, 0) is 36.4 Å². The average molecular weight is 437 g/mol. The normalized spacial score (nSPS) is 13.4. The van der Waals surface area contributed by atoms with Crippen LogP contribution in [-0.2, 0) is 6.18 Å². The van der Waals surface area contributed by atoms with E-state index in [-0.39, 0.29) is 17.6 Å². The molecule has 0 bridgehead atoms. The lowest BCUT2D eigenvalue weighted by atomic mass is 10.2. The minimum absolute atomic E-state index is 0.0482. The molecule has 3 aromatic rings. The topological polar surface area (TPSA) is 91.7 Å². The Morgan fingerprint density at radius 2 is 1.90 bits per heavy atom. The molecule has 2 N–H and O–H groups in total. The van der Waals surface area contributed by atoms with Crippen LogP contribution in [0.15, 0.2) is 47.6 Å². The Morgan fingerprint density at radius 3 is 2.67 bits per heavy atom. The van der Waals surface area contributed by atoms with Crippen LogP contribution in [0, 0.1) is 0 Å². The van der Waals surface area contributed by atoms with Crippen LogP contribution >= 0.6 is 11.6 Å². The molecule has 2 amide bonds. The molecule has 1 aliphatic heterocycles. The molecule has 1 aromatic heterocycles. The summed E-state index contributed by atoms with van der Waals surface area (Å²) in [5, 5.41) is 10.5. The van der Waals surface area contributed by atoms with Gasteiger partial charge >= 0.3 is 18.2 Å². The molecule has 0 radical (unpaired) electrons. The van der Waals surface area contributed by atoms with Crippen molar-refractivity contribution < 1.29 is 22.7 Å². The number of urea groups is 1. The van der Waals surface area contributed by atoms with Crippen molar-refractivity contribution in [2.75, 3.05) is 17.4 Å². The average Bonchev–Trinajstić information content (AvgIpc) is 2.66. The second kappa shape index (κ2) is 7.34. The van der Waals surface area contributed by atoms with Crippen molar-refractivity contribution in [3.8, 4) is 5.88 Å². The van der Waals surface area contributed by atoms with Gasteiger partial charge in [-0.25, -0.2) is 19.8 Å². The van der Waals surface area contributed by atoms with Gasteiger partial charge in [0.05, 0.1) is 16.6 Å². The highest BCUT2D eigenvalue weighted by molar-refractivity contribution is 6.31. The highest BCUT2D eigenvalue weighted by atomic mass is 35.5. The molecule has 0 saturated carbocycles. The third kappa shape index (κ3) is 4.06.